The number of benzene rings is 2. The van der Waals surface area contributed by atoms with E-state index in [0.717, 1.165) is 61.2 Å². The van der Waals surface area contributed by atoms with E-state index < -0.39 is 5.97 Å². The summed E-state index contributed by atoms with van der Waals surface area (Å²) in [5, 5.41) is 27.9. The van der Waals surface area contributed by atoms with Gasteiger partial charge in [-0.2, -0.15) is 0 Å². The zero-order chi connectivity index (χ0) is 20.6. The highest BCUT2D eigenvalue weighted by Crippen LogP contribution is 2.33. The Morgan fingerprint density at radius 2 is 1.34 bits per heavy atom. The first-order valence-corrected chi connectivity index (χ1v) is 9.90. The Balaban J connectivity index is 1.74. The van der Waals surface area contributed by atoms with Crippen LogP contribution in [-0.4, -0.2) is 30.8 Å². The van der Waals surface area contributed by atoms with Gasteiger partial charge in [-0.25, -0.2) is 4.98 Å². The number of imidazole rings is 1. The van der Waals surface area contributed by atoms with E-state index in [9.17, 15) is 15.0 Å². The molecule has 0 amide bonds. The van der Waals surface area contributed by atoms with Crippen LogP contribution in [0.4, 0.5) is 0 Å². The molecule has 6 nitrogen and oxygen atoms in total. The molecule has 0 bridgehead atoms. The highest BCUT2D eigenvalue weighted by Gasteiger charge is 2.15. The third-order valence-electron chi connectivity index (χ3n) is 4.91. The summed E-state index contributed by atoms with van der Waals surface area (Å²) in [4.78, 5) is 15.2. The quantitative estimate of drug-likeness (QED) is 0.418. The number of aromatic nitrogens is 2. The number of hydrogen-bond donors (Lipinski definition) is 3. The van der Waals surface area contributed by atoms with Crippen molar-refractivity contribution in [1.82, 2.24) is 9.55 Å². The second kappa shape index (κ2) is 9.78. The molecule has 1 aromatic heterocycles. The highest BCUT2D eigenvalue weighted by molar-refractivity contribution is 5.79. The lowest BCUT2D eigenvalue weighted by Crippen LogP contribution is -2.00. The van der Waals surface area contributed by atoms with E-state index in [-0.39, 0.29) is 17.9 Å². The average Bonchev–Trinajstić information content (AvgIpc) is 3.12. The Labute approximate surface area is 170 Å². The fourth-order valence-corrected chi connectivity index (χ4v) is 3.39. The molecule has 3 rings (SSSR count). The first-order valence-electron chi connectivity index (χ1n) is 9.90. The monoisotopic (exact) mass is 394 g/mol. The summed E-state index contributed by atoms with van der Waals surface area (Å²) in [6.07, 6.45) is 6.74. The van der Waals surface area contributed by atoms with Crippen LogP contribution in [0.5, 0.6) is 11.5 Å². The van der Waals surface area contributed by atoms with Crippen molar-refractivity contribution in [3.8, 4) is 34.0 Å². The average molecular weight is 394 g/mol. The van der Waals surface area contributed by atoms with E-state index in [2.05, 4.69) is 9.55 Å². The molecule has 0 aliphatic heterocycles. The minimum atomic E-state index is -0.733. The Bertz CT molecular complexity index is 931. The standard InChI is InChI=1S/C23H26N2O4/c26-19-11-7-17(8-12-19)22-23(18-9-13-20(27)14-10-18)25(16-24-22)15-5-3-1-2-4-6-21(28)29/h7-14,16,26-27H,1-6,15H2,(H,28,29). The van der Waals surface area contributed by atoms with Gasteiger partial charge in [0.15, 0.2) is 0 Å². The fraction of sp³-hybridized carbons (Fsp3) is 0.304. The molecule has 0 unspecified atom stereocenters. The maximum absolute atomic E-state index is 10.6. The number of phenols is 2. The number of aromatic hydroxyl groups is 2. The van der Waals surface area contributed by atoms with Crippen LogP contribution in [0.3, 0.4) is 0 Å². The maximum atomic E-state index is 10.6. The topological polar surface area (TPSA) is 95.6 Å². The van der Waals surface area contributed by atoms with Gasteiger partial charge in [-0.1, -0.05) is 19.3 Å². The van der Waals surface area contributed by atoms with Crippen LogP contribution < -0.4 is 0 Å². The summed E-state index contributed by atoms with van der Waals surface area (Å²) >= 11 is 0. The lowest BCUT2D eigenvalue weighted by molar-refractivity contribution is -0.137. The van der Waals surface area contributed by atoms with E-state index >= 15 is 0 Å². The minimum absolute atomic E-state index is 0.210. The minimum Gasteiger partial charge on any atom is -0.508 e. The molecular weight excluding hydrogens is 368 g/mol. The Hall–Kier alpha value is -3.28. The van der Waals surface area contributed by atoms with Gasteiger partial charge in [-0.3, -0.25) is 4.79 Å². The number of rotatable bonds is 10. The third kappa shape index (κ3) is 5.60. The van der Waals surface area contributed by atoms with Crippen molar-refractivity contribution in [3.63, 3.8) is 0 Å². The van der Waals surface area contributed by atoms with E-state index in [1.54, 1.807) is 24.3 Å². The summed E-state index contributed by atoms with van der Waals surface area (Å²) in [5.41, 5.74) is 3.68. The number of phenolic OH excluding ortho intramolecular Hbond substituents is 2. The van der Waals surface area contributed by atoms with Crippen LogP contribution in [0.2, 0.25) is 0 Å². The first kappa shape index (κ1) is 20.5. The van der Waals surface area contributed by atoms with Gasteiger partial charge >= 0.3 is 5.97 Å². The molecule has 0 saturated carbocycles. The highest BCUT2D eigenvalue weighted by atomic mass is 16.4. The van der Waals surface area contributed by atoms with E-state index in [4.69, 9.17) is 5.11 Å². The molecule has 29 heavy (non-hydrogen) atoms. The van der Waals surface area contributed by atoms with Gasteiger partial charge in [0, 0.05) is 24.1 Å². The second-order valence-corrected chi connectivity index (χ2v) is 7.14. The lowest BCUT2D eigenvalue weighted by Gasteiger charge is -2.11. The fourth-order valence-electron chi connectivity index (χ4n) is 3.39. The molecule has 0 aliphatic carbocycles. The largest absolute Gasteiger partial charge is 0.508 e. The van der Waals surface area contributed by atoms with Crippen LogP contribution >= 0.6 is 0 Å². The molecule has 1 heterocycles. The lowest BCUT2D eigenvalue weighted by atomic mass is 10.0. The molecule has 0 fully saturated rings. The normalized spacial score (nSPS) is 10.9. The van der Waals surface area contributed by atoms with Crippen molar-refractivity contribution >= 4 is 5.97 Å². The number of hydrogen-bond acceptors (Lipinski definition) is 4. The molecule has 3 N–H and O–H groups in total. The molecule has 0 aliphatic rings. The van der Waals surface area contributed by atoms with Gasteiger partial charge in [-0.05, 0) is 61.4 Å². The molecule has 0 atom stereocenters. The van der Waals surface area contributed by atoms with Gasteiger partial charge in [-0.15, -0.1) is 0 Å². The zero-order valence-corrected chi connectivity index (χ0v) is 16.3. The van der Waals surface area contributed by atoms with Crippen molar-refractivity contribution < 1.29 is 20.1 Å². The molecule has 152 valence electrons. The van der Waals surface area contributed by atoms with Crippen molar-refractivity contribution in [1.29, 1.82) is 0 Å². The number of carbonyl (C=O) groups is 1. The van der Waals surface area contributed by atoms with Gasteiger partial charge < -0.3 is 19.9 Å². The first-order chi connectivity index (χ1) is 14.0. The van der Waals surface area contributed by atoms with Crippen LogP contribution in [0.15, 0.2) is 54.9 Å². The Kier molecular flexibility index (Phi) is 6.89. The number of nitrogens with zero attached hydrogens (tertiary/aromatic N) is 2. The number of carboxylic acids is 1. The molecule has 2 aromatic carbocycles. The number of unbranched alkanes of at least 4 members (excludes halogenated alkanes) is 4. The van der Waals surface area contributed by atoms with Gasteiger partial charge in [0.25, 0.3) is 0 Å². The van der Waals surface area contributed by atoms with E-state index in [1.165, 1.54) is 0 Å². The Morgan fingerprint density at radius 1 is 0.793 bits per heavy atom. The van der Waals surface area contributed by atoms with Crippen LogP contribution in [-0.2, 0) is 11.3 Å². The number of carboxylic acid groups (broad SMARTS) is 1. The van der Waals surface area contributed by atoms with Crippen molar-refractivity contribution in [3.05, 3.63) is 54.9 Å². The van der Waals surface area contributed by atoms with Crippen LogP contribution in [0.25, 0.3) is 22.5 Å². The maximum Gasteiger partial charge on any atom is 0.303 e. The smallest absolute Gasteiger partial charge is 0.303 e. The molecule has 0 saturated heterocycles. The summed E-state index contributed by atoms with van der Waals surface area (Å²) in [6, 6.07) is 14.0. The number of aliphatic carboxylic acids is 1. The summed E-state index contributed by atoms with van der Waals surface area (Å²) in [6.45, 7) is 0.806. The second-order valence-electron chi connectivity index (χ2n) is 7.14. The molecule has 3 aromatic rings. The van der Waals surface area contributed by atoms with E-state index in [1.807, 2.05) is 30.6 Å². The SMILES string of the molecule is O=C(O)CCCCCCCn1cnc(-c2ccc(O)cc2)c1-c1ccc(O)cc1. The predicted octanol–water partition coefficient (Wildman–Crippen LogP) is 5.05. The summed E-state index contributed by atoms with van der Waals surface area (Å²) < 4.78 is 2.12. The number of aryl methyl sites for hydroxylation is 1. The van der Waals surface area contributed by atoms with Crippen LogP contribution in [0, 0.1) is 0 Å². The van der Waals surface area contributed by atoms with Gasteiger partial charge in [0.2, 0.25) is 0 Å². The molecule has 0 radical (unpaired) electrons. The molecular formula is C23H26N2O4. The predicted molar refractivity (Wildman–Crippen MR) is 112 cm³/mol. The van der Waals surface area contributed by atoms with Crippen molar-refractivity contribution in [2.24, 2.45) is 0 Å². The summed E-state index contributed by atoms with van der Waals surface area (Å²) in [5.74, 6) is -0.307. The molecule has 6 heteroatoms. The zero-order valence-electron chi connectivity index (χ0n) is 16.3. The van der Waals surface area contributed by atoms with Gasteiger partial charge in [0.05, 0.1) is 17.7 Å². The molecule has 0 spiro atoms. The van der Waals surface area contributed by atoms with Crippen molar-refractivity contribution in [2.75, 3.05) is 0 Å². The van der Waals surface area contributed by atoms with Crippen LogP contribution in [0.1, 0.15) is 38.5 Å². The summed E-state index contributed by atoms with van der Waals surface area (Å²) in [7, 11) is 0. The third-order valence-corrected chi connectivity index (χ3v) is 4.91. The van der Waals surface area contributed by atoms with E-state index in [0.29, 0.717) is 0 Å². The Morgan fingerprint density at radius 3 is 1.97 bits per heavy atom. The van der Waals surface area contributed by atoms with Gasteiger partial charge in [0.1, 0.15) is 11.5 Å². The van der Waals surface area contributed by atoms with Crippen molar-refractivity contribution in [2.45, 2.75) is 45.1 Å².